The summed E-state index contributed by atoms with van der Waals surface area (Å²) in [6.45, 7) is 8.72. The number of thiazole rings is 1. The van der Waals surface area contributed by atoms with Gasteiger partial charge in [-0.1, -0.05) is 6.92 Å². The maximum atomic E-state index is 13.1. The minimum Gasteiger partial charge on any atom is -0.368 e. The minimum absolute atomic E-state index is 0.191. The van der Waals surface area contributed by atoms with Crippen LogP contribution in [0.4, 0.5) is 10.1 Å². The summed E-state index contributed by atoms with van der Waals surface area (Å²) in [5, 5.41) is 4.66. The molecule has 0 unspecified atom stereocenters. The Bertz CT molecular complexity index is 763. The smallest absolute Gasteiger partial charge is 0.193 e. The topological polar surface area (TPSA) is 43.8 Å². The van der Waals surface area contributed by atoms with E-state index >= 15 is 0 Å². The number of aliphatic imine (C=N–C) groups is 1. The van der Waals surface area contributed by atoms with Crippen molar-refractivity contribution in [3.8, 4) is 0 Å². The highest BCUT2D eigenvalue weighted by atomic mass is 32.1. The lowest BCUT2D eigenvalue weighted by Gasteiger charge is -2.37. The lowest BCUT2D eigenvalue weighted by atomic mass is 10.2. The molecule has 2 heterocycles. The van der Waals surface area contributed by atoms with Crippen LogP contribution in [0.1, 0.15) is 22.5 Å². The van der Waals surface area contributed by atoms with Gasteiger partial charge in [-0.15, -0.1) is 11.3 Å². The molecule has 1 aromatic heterocycles. The van der Waals surface area contributed by atoms with Gasteiger partial charge in [0.05, 0.1) is 10.7 Å². The number of hydrogen-bond acceptors (Lipinski definition) is 4. The molecule has 3 rings (SSSR count). The van der Waals surface area contributed by atoms with E-state index in [0.29, 0.717) is 0 Å². The van der Waals surface area contributed by atoms with Gasteiger partial charge >= 0.3 is 0 Å². The monoisotopic (exact) mass is 389 g/mol. The third-order valence-electron chi connectivity index (χ3n) is 4.88. The van der Waals surface area contributed by atoms with Gasteiger partial charge < -0.3 is 15.1 Å². The van der Waals surface area contributed by atoms with Crippen LogP contribution in [0.5, 0.6) is 0 Å². The van der Waals surface area contributed by atoms with Gasteiger partial charge in [0, 0.05) is 56.8 Å². The molecular weight excluding hydrogens is 361 g/mol. The third kappa shape index (κ3) is 4.97. The van der Waals surface area contributed by atoms with Gasteiger partial charge in [0.25, 0.3) is 0 Å². The van der Waals surface area contributed by atoms with Crippen molar-refractivity contribution in [1.29, 1.82) is 0 Å². The van der Waals surface area contributed by atoms with Crippen molar-refractivity contribution in [1.82, 2.24) is 15.2 Å². The van der Waals surface area contributed by atoms with Crippen LogP contribution in [0.25, 0.3) is 0 Å². The Kier molecular flexibility index (Phi) is 6.66. The predicted molar refractivity (Wildman–Crippen MR) is 111 cm³/mol. The van der Waals surface area contributed by atoms with Gasteiger partial charge in [0.1, 0.15) is 5.82 Å². The summed E-state index contributed by atoms with van der Waals surface area (Å²) in [6, 6.07) is 6.73. The average Bonchev–Trinajstić information content (AvgIpc) is 3.06. The molecule has 0 atom stereocenters. The van der Waals surface area contributed by atoms with E-state index in [9.17, 15) is 4.39 Å². The first-order valence-electron chi connectivity index (χ1n) is 9.52. The SMILES string of the molecule is CCc1nc(CCNC(=NC)N2CCN(c3ccc(F)cc3)CC2)sc1C. The normalized spacial score (nSPS) is 15.3. The number of anilines is 1. The fourth-order valence-corrected chi connectivity index (χ4v) is 4.39. The fourth-order valence-electron chi connectivity index (χ4n) is 3.36. The van der Waals surface area contributed by atoms with E-state index in [1.807, 2.05) is 19.2 Å². The first-order valence-corrected chi connectivity index (χ1v) is 10.3. The highest BCUT2D eigenvalue weighted by molar-refractivity contribution is 7.11. The Hall–Kier alpha value is -2.15. The van der Waals surface area contributed by atoms with Crippen molar-refractivity contribution >= 4 is 23.0 Å². The zero-order valence-corrected chi connectivity index (χ0v) is 17.2. The van der Waals surface area contributed by atoms with Crippen molar-refractivity contribution in [2.45, 2.75) is 26.7 Å². The van der Waals surface area contributed by atoms with Crippen LogP contribution in [0.15, 0.2) is 29.3 Å². The number of piperazine rings is 1. The highest BCUT2D eigenvalue weighted by Gasteiger charge is 2.19. The van der Waals surface area contributed by atoms with Crippen molar-refractivity contribution in [2.75, 3.05) is 44.7 Å². The molecule has 1 fully saturated rings. The van der Waals surface area contributed by atoms with Gasteiger partial charge in [0.15, 0.2) is 5.96 Å². The first-order chi connectivity index (χ1) is 13.1. The molecule has 0 bridgehead atoms. The maximum absolute atomic E-state index is 13.1. The van der Waals surface area contributed by atoms with Gasteiger partial charge in [-0.05, 0) is 37.6 Å². The molecule has 1 saturated heterocycles. The Morgan fingerprint density at radius 1 is 1.22 bits per heavy atom. The van der Waals surface area contributed by atoms with Crippen molar-refractivity contribution in [3.05, 3.63) is 45.7 Å². The van der Waals surface area contributed by atoms with Crippen LogP contribution in [-0.4, -0.2) is 55.6 Å². The van der Waals surface area contributed by atoms with Gasteiger partial charge in [-0.25, -0.2) is 9.37 Å². The molecule has 5 nitrogen and oxygen atoms in total. The molecule has 1 aliphatic rings. The second-order valence-electron chi connectivity index (χ2n) is 6.64. The average molecular weight is 390 g/mol. The van der Waals surface area contributed by atoms with Crippen LogP contribution in [0.3, 0.4) is 0 Å². The predicted octanol–water partition coefficient (Wildman–Crippen LogP) is 3.09. The Morgan fingerprint density at radius 2 is 1.93 bits per heavy atom. The summed E-state index contributed by atoms with van der Waals surface area (Å²) < 4.78 is 13.1. The molecule has 146 valence electrons. The summed E-state index contributed by atoms with van der Waals surface area (Å²) in [4.78, 5) is 15.0. The van der Waals surface area contributed by atoms with Gasteiger partial charge in [-0.3, -0.25) is 4.99 Å². The standard InChI is InChI=1S/C20H28FN5S/c1-4-18-15(2)27-19(24-18)9-10-23-20(22-3)26-13-11-25(12-14-26)17-7-5-16(21)6-8-17/h5-8H,4,9-14H2,1-3H3,(H,22,23). The molecule has 0 aliphatic carbocycles. The number of nitrogens with zero attached hydrogens (tertiary/aromatic N) is 4. The number of aromatic nitrogens is 1. The fraction of sp³-hybridized carbons (Fsp3) is 0.500. The van der Waals surface area contributed by atoms with E-state index in [0.717, 1.165) is 57.2 Å². The van der Waals surface area contributed by atoms with E-state index in [4.69, 9.17) is 4.98 Å². The number of rotatable bonds is 5. The number of halogens is 1. The first kappa shape index (κ1) is 19.6. The molecule has 0 radical (unpaired) electrons. The second-order valence-corrected chi connectivity index (χ2v) is 7.93. The molecule has 1 aromatic carbocycles. The van der Waals surface area contributed by atoms with E-state index < -0.39 is 0 Å². The summed E-state index contributed by atoms with van der Waals surface area (Å²) in [5.74, 6) is 0.751. The van der Waals surface area contributed by atoms with Gasteiger partial charge in [-0.2, -0.15) is 0 Å². The van der Waals surface area contributed by atoms with Crippen LogP contribution < -0.4 is 10.2 Å². The number of hydrogen-bond donors (Lipinski definition) is 1. The highest BCUT2D eigenvalue weighted by Crippen LogP contribution is 2.18. The van der Waals surface area contributed by atoms with E-state index in [2.05, 4.69) is 34.0 Å². The zero-order chi connectivity index (χ0) is 19.2. The molecule has 2 aromatic rings. The summed E-state index contributed by atoms with van der Waals surface area (Å²) in [5.41, 5.74) is 2.29. The number of aryl methyl sites for hydroxylation is 2. The Balaban J connectivity index is 1.48. The molecule has 1 N–H and O–H groups in total. The van der Waals surface area contributed by atoms with Crippen molar-refractivity contribution in [3.63, 3.8) is 0 Å². The molecule has 0 amide bonds. The second kappa shape index (κ2) is 9.17. The zero-order valence-electron chi connectivity index (χ0n) is 16.3. The summed E-state index contributed by atoms with van der Waals surface area (Å²) >= 11 is 1.79. The van der Waals surface area contributed by atoms with Gasteiger partial charge in [0.2, 0.25) is 0 Å². The molecule has 0 spiro atoms. The molecule has 1 aliphatic heterocycles. The lowest BCUT2D eigenvalue weighted by molar-refractivity contribution is 0.373. The van der Waals surface area contributed by atoms with Crippen molar-refractivity contribution < 1.29 is 4.39 Å². The quantitative estimate of drug-likeness (QED) is 0.630. The van der Waals surface area contributed by atoms with E-state index in [-0.39, 0.29) is 5.82 Å². The van der Waals surface area contributed by atoms with Crippen LogP contribution in [0, 0.1) is 12.7 Å². The minimum atomic E-state index is -0.191. The molecule has 7 heteroatoms. The molecule has 27 heavy (non-hydrogen) atoms. The van der Waals surface area contributed by atoms with Crippen LogP contribution in [-0.2, 0) is 12.8 Å². The van der Waals surface area contributed by atoms with E-state index in [1.54, 1.807) is 11.3 Å². The number of benzene rings is 1. The Morgan fingerprint density at radius 3 is 2.52 bits per heavy atom. The van der Waals surface area contributed by atoms with Crippen molar-refractivity contribution in [2.24, 2.45) is 4.99 Å². The third-order valence-corrected chi connectivity index (χ3v) is 5.95. The summed E-state index contributed by atoms with van der Waals surface area (Å²) in [7, 11) is 1.83. The van der Waals surface area contributed by atoms with Crippen LogP contribution >= 0.6 is 11.3 Å². The maximum Gasteiger partial charge on any atom is 0.193 e. The summed E-state index contributed by atoms with van der Waals surface area (Å²) in [6.07, 6.45) is 1.91. The molecular formula is C20H28FN5S. The number of guanidine groups is 1. The molecule has 0 saturated carbocycles. The van der Waals surface area contributed by atoms with Crippen LogP contribution in [0.2, 0.25) is 0 Å². The van der Waals surface area contributed by atoms with E-state index in [1.165, 1.54) is 27.7 Å². The largest absolute Gasteiger partial charge is 0.368 e. The lowest BCUT2D eigenvalue weighted by Crippen LogP contribution is -2.52. The number of nitrogens with one attached hydrogen (secondary N) is 1. The Labute approximate surface area is 164 Å².